The molecule has 0 fully saturated rings. The molecule has 0 atom stereocenters. The number of ether oxygens (including phenoxy) is 1. The molecular formula is C16H17Cl2NO. The van der Waals surface area contributed by atoms with Crippen LogP contribution in [0.3, 0.4) is 0 Å². The summed E-state index contributed by atoms with van der Waals surface area (Å²) < 4.78 is 5.60. The van der Waals surface area contributed by atoms with Gasteiger partial charge in [-0.3, -0.25) is 0 Å². The molecule has 0 aromatic heterocycles. The Morgan fingerprint density at radius 3 is 2.35 bits per heavy atom. The van der Waals surface area contributed by atoms with Gasteiger partial charge in [0.05, 0.1) is 11.1 Å². The lowest BCUT2D eigenvalue weighted by molar-refractivity contribution is 0.242. The third-order valence-electron chi connectivity index (χ3n) is 2.70. The van der Waals surface area contributed by atoms with E-state index in [0.717, 1.165) is 22.8 Å². The smallest absolute Gasteiger partial charge is 0.138 e. The molecule has 0 aliphatic rings. The molecule has 0 amide bonds. The van der Waals surface area contributed by atoms with Gasteiger partial charge in [0.15, 0.2) is 0 Å². The molecule has 0 aliphatic carbocycles. The van der Waals surface area contributed by atoms with E-state index in [1.165, 1.54) is 0 Å². The molecule has 2 aromatic rings. The number of rotatable bonds is 5. The van der Waals surface area contributed by atoms with E-state index in [1.807, 2.05) is 56.3 Å². The van der Waals surface area contributed by atoms with Crippen LogP contribution in [0.25, 0.3) is 0 Å². The summed E-state index contributed by atoms with van der Waals surface area (Å²) in [6, 6.07) is 13.5. The Kier molecular flexibility index (Phi) is 5.16. The second-order valence-electron chi connectivity index (χ2n) is 4.79. The normalized spacial score (nSPS) is 10.7. The van der Waals surface area contributed by atoms with E-state index in [1.54, 1.807) is 0 Å². The highest BCUT2D eigenvalue weighted by atomic mass is 35.5. The summed E-state index contributed by atoms with van der Waals surface area (Å²) in [6.45, 7) is 4.67. The molecule has 2 nitrogen and oxygen atoms in total. The molecular weight excluding hydrogens is 293 g/mol. The highest BCUT2D eigenvalue weighted by Crippen LogP contribution is 2.28. The van der Waals surface area contributed by atoms with Gasteiger partial charge in [0.2, 0.25) is 0 Å². The van der Waals surface area contributed by atoms with Crippen molar-refractivity contribution < 1.29 is 4.74 Å². The van der Waals surface area contributed by atoms with Crippen molar-refractivity contribution in [1.82, 2.24) is 0 Å². The van der Waals surface area contributed by atoms with E-state index in [9.17, 15) is 0 Å². The van der Waals surface area contributed by atoms with Crippen molar-refractivity contribution in [3.63, 3.8) is 0 Å². The van der Waals surface area contributed by atoms with E-state index in [4.69, 9.17) is 27.9 Å². The molecule has 0 spiro atoms. The molecule has 0 saturated carbocycles. The second-order valence-corrected chi connectivity index (χ2v) is 5.64. The molecule has 0 saturated heterocycles. The van der Waals surface area contributed by atoms with Gasteiger partial charge < -0.3 is 10.1 Å². The monoisotopic (exact) mass is 309 g/mol. The Hall–Kier alpha value is -1.38. The third-order valence-corrected chi connectivity index (χ3v) is 3.25. The lowest BCUT2D eigenvalue weighted by atomic mass is 10.2. The molecule has 4 heteroatoms. The SMILES string of the molecule is CC(C)Oc1ccc(NCc2ccc(Cl)cc2)cc1Cl. The Morgan fingerprint density at radius 1 is 1.05 bits per heavy atom. The van der Waals surface area contributed by atoms with E-state index in [0.29, 0.717) is 10.8 Å². The molecule has 0 radical (unpaired) electrons. The molecule has 2 aromatic carbocycles. The van der Waals surface area contributed by atoms with Crippen molar-refractivity contribution in [2.75, 3.05) is 5.32 Å². The van der Waals surface area contributed by atoms with E-state index in [-0.39, 0.29) is 6.10 Å². The zero-order chi connectivity index (χ0) is 14.5. The maximum atomic E-state index is 6.19. The second kappa shape index (κ2) is 6.87. The van der Waals surface area contributed by atoms with Crippen LogP contribution in [0.2, 0.25) is 10.0 Å². The van der Waals surface area contributed by atoms with E-state index >= 15 is 0 Å². The van der Waals surface area contributed by atoms with Crippen molar-refractivity contribution in [3.05, 3.63) is 58.1 Å². The number of anilines is 1. The van der Waals surface area contributed by atoms with Crippen molar-refractivity contribution in [2.45, 2.75) is 26.5 Å². The van der Waals surface area contributed by atoms with Gasteiger partial charge in [-0.25, -0.2) is 0 Å². The maximum Gasteiger partial charge on any atom is 0.138 e. The number of hydrogen-bond donors (Lipinski definition) is 1. The van der Waals surface area contributed by atoms with Crippen LogP contribution < -0.4 is 10.1 Å². The van der Waals surface area contributed by atoms with Gasteiger partial charge in [0, 0.05) is 17.3 Å². The van der Waals surface area contributed by atoms with Gasteiger partial charge in [0.1, 0.15) is 5.75 Å². The van der Waals surface area contributed by atoms with E-state index in [2.05, 4.69) is 5.32 Å². The lowest BCUT2D eigenvalue weighted by Crippen LogP contribution is -2.06. The highest BCUT2D eigenvalue weighted by Gasteiger charge is 2.05. The zero-order valence-electron chi connectivity index (χ0n) is 11.5. The first-order chi connectivity index (χ1) is 9.54. The zero-order valence-corrected chi connectivity index (χ0v) is 13.0. The molecule has 1 N–H and O–H groups in total. The fraction of sp³-hybridized carbons (Fsp3) is 0.250. The summed E-state index contributed by atoms with van der Waals surface area (Å²) in [6.07, 6.45) is 0.111. The van der Waals surface area contributed by atoms with Gasteiger partial charge in [-0.15, -0.1) is 0 Å². The van der Waals surface area contributed by atoms with E-state index < -0.39 is 0 Å². The summed E-state index contributed by atoms with van der Waals surface area (Å²) in [5.74, 6) is 0.707. The third kappa shape index (κ3) is 4.32. The summed E-state index contributed by atoms with van der Waals surface area (Å²) in [4.78, 5) is 0. The first-order valence-corrected chi connectivity index (χ1v) is 7.24. The molecule has 106 valence electrons. The van der Waals surface area contributed by atoms with Gasteiger partial charge in [-0.05, 0) is 49.7 Å². The minimum Gasteiger partial charge on any atom is -0.489 e. The average molecular weight is 310 g/mol. The number of hydrogen-bond acceptors (Lipinski definition) is 2. The average Bonchev–Trinajstić information content (AvgIpc) is 2.40. The van der Waals surface area contributed by atoms with Gasteiger partial charge in [-0.1, -0.05) is 35.3 Å². The van der Waals surface area contributed by atoms with Gasteiger partial charge >= 0.3 is 0 Å². The summed E-state index contributed by atoms with van der Waals surface area (Å²) in [7, 11) is 0. The molecule has 0 aliphatic heterocycles. The Bertz CT molecular complexity index is 567. The van der Waals surface area contributed by atoms with Crippen molar-refractivity contribution >= 4 is 28.9 Å². The Labute approximate surface area is 129 Å². The van der Waals surface area contributed by atoms with Crippen LogP contribution in [-0.2, 0) is 6.54 Å². The minimum atomic E-state index is 0.111. The molecule has 20 heavy (non-hydrogen) atoms. The van der Waals surface area contributed by atoms with Crippen LogP contribution in [0.1, 0.15) is 19.4 Å². The molecule has 0 unspecified atom stereocenters. The number of benzene rings is 2. The minimum absolute atomic E-state index is 0.111. The van der Waals surface area contributed by atoms with Crippen molar-refractivity contribution in [1.29, 1.82) is 0 Å². The van der Waals surface area contributed by atoms with Gasteiger partial charge in [-0.2, -0.15) is 0 Å². The lowest BCUT2D eigenvalue weighted by Gasteiger charge is -2.13. The highest BCUT2D eigenvalue weighted by molar-refractivity contribution is 6.32. The predicted octanol–water partition coefficient (Wildman–Crippen LogP) is 5.39. The topological polar surface area (TPSA) is 21.3 Å². The molecule has 2 rings (SSSR count). The fourth-order valence-corrected chi connectivity index (χ4v) is 2.12. The largest absolute Gasteiger partial charge is 0.489 e. The fourth-order valence-electron chi connectivity index (χ4n) is 1.77. The first-order valence-electron chi connectivity index (χ1n) is 6.49. The van der Waals surface area contributed by atoms with Crippen LogP contribution >= 0.6 is 23.2 Å². The first kappa shape index (κ1) is 15.0. The summed E-state index contributed by atoms with van der Waals surface area (Å²) in [5.41, 5.74) is 2.12. The van der Waals surface area contributed by atoms with Crippen LogP contribution in [0.5, 0.6) is 5.75 Å². The van der Waals surface area contributed by atoms with Crippen LogP contribution in [0.15, 0.2) is 42.5 Å². The van der Waals surface area contributed by atoms with Crippen LogP contribution in [0, 0.1) is 0 Å². The van der Waals surface area contributed by atoms with Crippen LogP contribution in [0.4, 0.5) is 5.69 Å². The molecule has 0 bridgehead atoms. The van der Waals surface area contributed by atoms with Crippen molar-refractivity contribution in [3.8, 4) is 5.75 Å². The number of nitrogens with one attached hydrogen (secondary N) is 1. The Morgan fingerprint density at radius 2 is 1.75 bits per heavy atom. The van der Waals surface area contributed by atoms with Gasteiger partial charge in [0.25, 0.3) is 0 Å². The predicted molar refractivity (Wildman–Crippen MR) is 86.0 cm³/mol. The standard InChI is InChI=1S/C16H17Cl2NO/c1-11(2)20-16-8-7-14(9-15(16)18)19-10-12-3-5-13(17)6-4-12/h3-9,11,19H,10H2,1-2H3. The quantitative estimate of drug-likeness (QED) is 0.799. The summed E-state index contributed by atoms with van der Waals surface area (Å²) in [5, 5.41) is 4.67. The maximum absolute atomic E-state index is 6.19. The summed E-state index contributed by atoms with van der Waals surface area (Å²) >= 11 is 12.1. The van der Waals surface area contributed by atoms with Crippen molar-refractivity contribution in [2.24, 2.45) is 0 Å². The van der Waals surface area contributed by atoms with Crippen LogP contribution in [-0.4, -0.2) is 6.10 Å². The Balaban J connectivity index is 1.99. The number of halogens is 2. The molecule has 0 heterocycles.